The number of esters is 1. The molecule has 2 aromatic carbocycles. The maximum Gasteiger partial charge on any atom is 0.338 e. The average molecular weight is 379 g/mol. The largest absolute Gasteiger partial charge is 0.493 e. The number of ether oxygens (including phenoxy) is 3. The van der Waals surface area contributed by atoms with E-state index < -0.39 is 0 Å². The van der Waals surface area contributed by atoms with Crippen molar-refractivity contribution >= 4 is 22.6 Å². The average Bonchev–Trinajstić information content (AvgIpc) is 2.76. The van der Waals surface area contributed by atoms with E-state index in [-0.39, 0.29) is 5.97 Å². The number of benzene rings is 2. The molecule has 3 aromatic rings. The number of aromatic nitrogens is 2. The van der Waals surface area contributed by atoms with Gasteiger partial charge in [-0.1, -0.05) is 12.1 Å². The molecule has 0 fully saturated rings. The van der Waals surface area contributed by atoms with Crippen LogP contribution in [0.15, 0.2) is 36.5 Å². The Balaban J connectivity index is 1.75. The third kappa shape index (κ3) is 2.98. The van der Waals surface area contributed by atoms with Crippen molar-refractivity contribution in [3.63, 3.8) is 0 Å². The Morgan fingerprint density at radius 1 is 1.11 bits per heavy atom. The molecule has 0 N–H and O–H groups in total. The number of hydrogen-bond acceptors (Lipinski definition) is 7. The van der Waals surface area contributed by atoms with E-state index in [0.717, 1.165) is 40.7 Å². The summed E-state index contributed by atoms with van der Waals surface area (Å²) in [6.07, 6.45) is 2.51. The van der Waals surface area contributed by atoms with Gasteiger partial charge in [-0.2, -0.15) is 10.2 Å². The molecule has 0 saturated carbocycles. The fourth-order valence-corrected chi connectivity index (χ4v) is 3.74. The Labute approximate surface area is 162 Å². The highest BCUT2D eigenvalue weighted by Crippen LogP contribution is 2.36. The first-order valence-electron chi connectivity index (χ1n) is 8.97. The molecule has 1 aliphatic heterocycles. The van der Waals surface area contributed by atoms with Gasteiger partial charge in [0, 0.05) is 24.5 Å². The minimum absolute atomic E-state index is 0.293. The highest BCUT2D eigenvalue weighted by atomic mass is 16.5. The zero-order valence-electron chi connectivity index (χ0n) is 16.1. The van der Waals surface area contributed by atoms with Gasteiger partial charge in [0.15, 0.2) is 11.5 Å². The molecule has 0 bridgehead atoms. The van der Waals surface area contributed by atoms with E-state index in [2.05, 4.69) is 15.1 Å². The summed E-state index contributed by atoms with van der Waals surface area (Å²) in [6.45, 7) is 1.44. The van der Waals surface area contributed by atoms with Gasteiger partial charge >= 0.3 is 5.97 Å². The summed E-state index contributed by atoms with van der Waals surface area (Å²) in [5.74, 6) is 0.973. The second-order valence-electron chi connectivity index (χ2n) is 6.56. The molecular formula is C21H21N3O4. The predicted octanol–water partition coefficient (Wildman–Crippen LogP) is 3.00. The van der Waals surface area contributed by atoms with E-state index in [4.69, 9.17) is 14.2 Å². The SMILES string of the molecule is COC(=O)c1cccc2c1CCN(c1cnnc3cc(OC)c(OC)cc13)C2. The van der Waals surface area contributed by atoms with Crippen LogP contribution in [0.3, 0.4) is 0 Å². The second kappa shape index (κ2) is 7.34. The first kappa shape index (κ1) is 18.0. The summed E-state index contributed by atoms with van der Waals surface area (Å²) in [4.78, 5) is 14.3. The highest BCUT2D eigenvalue weighted by Gasteiger charge is 2.24. The van der Waals surface area contributed by atoms with Gasteiger partial charge < -0.3 is 19.1 Å². The van der Waals surface area contributed by atoms with Crippen LogP contribution in [0.25, 0.3) is 10.9 Å². The Kier molecular flexibility index (Phi) is 4.73. The summed E-state index contributed by atoms with van der Waals surface area (Å²) in [6, 6.07) is 9.52. The van der Waals surface area contributed by atoms with Gasteiger partial charge in [-0.05, 0) is 29.7 Å². The third-order valence-corrected chi connectivity index (χ3v) is 5.14. The molecule has 1 aliphatic rings. The van der Waals surface area contributed by atoms with Crippen LogP contribution < -0.4 is 14.4 Å². The first-order valence-corrected chi connectivity index (χ1v) is 8.97. The van der Waals surface area contributed by atoms with Crippen LogP contribution in [0.1, 0.15) is 21.5 Å². The summed E-state index contributed by atoms with van der Waals surface area (Å²) in [7, 11) is 4.62. The van der Waals surface area contributed by atoms with Crippen LogP contribution in [0.4, 0.5) is 5.69 Å². The van der Waals surface area contributed by atoms with Gasteiger partial charge in [0.25, 0.3) is 0 Å². The number of rotatable bonds is 4. The normalized spacial score (nSPS) is 13.2. The topological polar surface area (TPSA) is 73.8 Å². The van der Waals surface area contributed by atoms with Crippen molar-refractivity contribution < 1.29 is 19.0 Å². The van der Waals surface area contributed by atoms with Crippen LogP contribution in [-0.2, 0) is 17.7 Å². The zero-order chi connectivity index (χ0) is 19.7. The van der Waals surface area contributed by atoms with Gasteiger partial charge in [-0.15, -0.1) is 0 Å². The lowest BCUT2D eigenvalue weighted by Crippen LogP contribution is -2.31. The van der Waals surface area contributed by atoms with Crippen molar-refractivity contribution in [2.45, 2.75) is 13.0 Å². The molecule has 0 aliphatic carbocycles. The van der Waals surface area contributed by atoms with Gasteiger partial charge in [0.2, 0.25) is 0 Å². The van der Waals surface area contributed by atoms with E-state index in [9.17, 15) is 4.79 Å². The molecule has 144 valence electrons. The molecule has 7 nitrogen and oxygen atoms in total. The number of carbonyl (C=O) groups is 1. The molecular weight excluding hydrogens is 358 g/mol. The van der Waals surface area contributed by atoms with E-state index in [0.29, 0.717) is 23.6 Å². The lowest BCUT2D eigenvalue weighted by atomic mass is 9.94. The second-order valence-corrected chi connectivity index (χ2v) is 6.56. The Hall–Kier alpha value is -3.35. The number of carbonyl (C=O) groups excluding carboxylic acids is 1. The molecule has 4 rings (SSSR count). The maximum absolute atomic E-state index is 12.1. The summed E-state index contributed by atoms with van der Waals surface area (Å²) in [5.41, 5.74) is 4.52. The molecule has 0 unspecified atom stereocenters. The lowest BCUT2D eigenvalue weighted by Gasteiger charge is -2.32. The fourth-order valence-electron chi connectivity index (χ4n) is 3.74. The van der Waals surface area contributed by atoms with Crippen molar-refractivity contribution in [2.75, 3.05) is 32.8 Å². The standard InChI is InChI=1S/C21H21N3O4/c1-26-19-9-16-17(10-20(19)27-2)23-22-11-18(16)24-8-7-14-13(12-24)5-4-6-15(14)21(25)28-3/h4-6,9-11H,7-8,12H2,1-3H3. The minimum atomic E-state index is -0.293. The quantitative estimate of drug-likeness (QED) is 0.645. The van der Waals surface area contributed by atoms with E-state index in [1.165, 1.54) is 7.11 Å². The highest BCUT2D eigenvalue weighted by molar-refractivity contribution is 5.94. The molecule has 2 heterocycles. The van der Waals surface area contributed by atoms with Crippen molar-refractivity contribution in [2.24, 2.45) is 0 Å². The smallest absolute Gasteiger partial charge is 0.338 e. The van der Waals surface area contributed by atoms with E-state index >= 15 is 0 Å². The van der Waals surface area contributed by atoms with Crippen molar-refractivity contribution in [3.05, 3.63) is 53.2 Å². The molecule has 1 aromatic heterocycles. The van der Waals surface area contributed by atoms with Gasteiger partial charge in [0.05, 0.1) is 44.3 Å². The van der Waals surface area contributed by atoms with Crippen molar-refractivity contribution in [1.29, 1.82) is 0 Å². The monoisotopic (exact) mass is 379 g/mol. The van der Waals surface area contributed by atoms with E-state index in [1.807, 2.05) is 30.3 Å². The minimum Gasteiger partial charge on any atom is -0.493 e. The molecule has 28 heavy (non-hydrogen) atoms. The molecule has 0 saturated heterocycles. The summed E-state index contributed by atoms with van der Waals surface area (Å²) >= 11 is 0. The van der Waals surface area contributed by atoms with Crippen LogP contribution >= 0.6 is 0 Å². The Morgan fingerprint density at radius 2 is 1.89 bits per heavy atom. The van der Waals surface area contributed by atoms with Crippen LogP contribution in [0, 0.1) is 0 Å². The van der Waals surface area contributed by atoms with Crippen LogP contribution in [0.5, 0.6) is 11.5 Å². The first-order chi connectivity index (χ1) is 13.7. The molecule has 0 radical (unpaired) electrons. The summed E-state index contributed by atoms with van der Waals surface area (Å²) < 4.78 is 15.7. The molecule has 0 amide bonds. The summed E-state index contributed by atoms with van der Waals surface area (Å²) in [5, 5.41) is 9.36. The molecule has 7 heteroatoms. The number of methoxy groups -OCH3 is 3. The third-order valence-electron chi connectivity index (χ3n) is 5.14. The zero-order valence-corrected chi connectivity index (χ0v) is 16.1. The predicted molar refractivity (Wildman–Crippen MR) is 105 cm³/mol. The Morgan fingerprint density at radius 3 is 2.64 bits per heavy atom. The molecule has 0 spiro atoms. The number of hydrogen-bond donors (Lipinski definition) is 0. The maximum atomic E-state index is 12.1. The van der Waals surface area contributed by atoms with Crippen molar-refractivity contribution in [3.8, 4) is 11.5 Å². The van der Waals surface area contributed by atoms with Crippen molar-refractivity contribution in [1.82, 2.24) is 10.2 Å². The fraction of sp³-hybridized carbons (Fsp3) is 0.286. The number of anilines is 1. The van der Waals surface area contributed by atoms with Crippen LogP contribution in [0.2, 0.25) is 0 Å². The molecule has 0 atom stereocenters. The Bertz CT molecular complexity index is 1050. The van der Waals surface area contributed by atoms with Gasteiger partial charge in [-0.25, -0.2) is 4.79 Å². The number of nitrogens with zero attached hydrogens (tertiary/aromatic N) is 3. The number of fused-ring (bicyclic) bond motifs is 2. The lowest BCUT2D eigenvalue weighted by molar-refractivity contribution is 0.0599. The van der Waals surface area contributed by atoms with Gasteiger partial charge in [-0.3, -0.25) is 0 Å². The van der Waals surface area contributed by atoms with Crippen LogP contribution in [-0.4, -0.2) is 44.0 Å². The van der Waals surface area contributed by atoms with Gasteiger partial charge in [0.1, 0.15) is 0 Å². The van der Waals surface area contributed by atoms with E-state index in [1.54, 1.807) is 20.4 Å².